The van der Waals surface area contributed by atoms with E-state index in [1.807, 2.05) is 0 Å². The highest BCUT2D eigenvalue weighted by atomic mass is 79.9. The number of nitrogens with two attached hydrogens (primary N) is 1. The Labute approximate surface area is 182 Å². The standard InChI is InChI=1S/C18H22BrN7O3S/c1-30(28,29)5-4-26-9-12(7-22-26)23-18-21-8-13(19)17(25-18)24-15-11-3-2-10(6-11)14(15)16(20)27/h2-3,7-11,14-15H,4-6H2,1H3,(H2,20,27)(H2,21,23,24,25)/t10-,11+,14+,15-/m1/s1. The van der Waals surface area contributed by atoms with Crippen LogP contribution in [0, 0.1) is 17.8 Å². The third-order valence-corrected chi connectivity index (χ3v) is 6.92. The van der Waals surface area contributed by atoms with Gasteiger partial charge >= 0.3 is 0 Å². The van der Waals surface area contributed by atoms with Crippen molar-refractivity contribution in [3.8, 4) is 0 Å². The molecule has 0 radical (unpaired) electrons. The van der Waals surface area contributed by atoms with Crippen molar-refractivity contribution in [2.75, 3.05) is 22.6 Å². The van der Waals surface area contributed by atoms with Gasteiger partial charge in [-0.3, -0.25) is 9.48 Å². The maximum atomic E-state index is 11.9. The zero-order valence-corrected chi connectivity index (χ0v) is 18.6. The smallest absolute Gasteiger partial charge is 0.229 e. The Morgan fingerprint density at radius 2 is 2.10 bits per heavy atom. The molecule has 10 nitrogen and oxygen atoms in total. The van der Waals surface area contributed by atoms with E-state index in [4.69, 9.17) is 5.73 Å². The molecule has 4 atom stereocenters. The molecule has 0 spiro atoms. The van der Waals surface area contributed by atoms with Crippen LogP contribution in [-0.2, 0) is 21.2 Å². The van der Waals surface area contributed by atoms with Gasteiger partial charge in [-0.15, -0.1) is 0 Å². The van der Waals surface area contributed by atoms with Crippen molar-refractivity contribution >= 4 is 49.1 Å². The molecule has 0 aromatic carbocycles. The second-order valence-electron chi connectivity index (χ2n) is 7.68. The van der Waals surface area contributed by atoms with Gasteiger partial charge in [-0.1, -0.05) is 12.2 Å². The molecule has 30 heavy (non-hydrogen) atoms. The summed E-state index contributed by atoms with van der Waals surface area (Å²) < 4.78 is 24.8. The summed E-state index contributed by atoms with van der Waals surface area (Å²) in [5.74, 6) is 0.739. The average molecular weight is 496 g/mol. The molecule has 4 N–H and O–H groups in total. The van der Waals surface area contributed by atoms with Gasteiger partial charge in [0.05, 0.1) is 34.6 Å². The zero-order chi connectivity index (χ0) is 21.5. The minimum Gasteiger partial charge on any atom is -0.369 e. The lowest BCUT2D eigenvalue weighted by atomic mass is 9.88. The number of amides is 1. The van der Waals surface area contributed by atoms with Gasteiger partial charge in [0.2, 0.25) is 11.9 Å². The van der Waals surface area contributed by atoms with Crippen LogP contribution in [-0.4, -0.2) is 52.1 Å². The van der Waals surface area contributed by atoms with Crippen molar-refractivity contribution in [3.63, 3.8) is 0 Å². The van der Waals surface area contributed by atoms with E-state index in [0.29, 0.717) is 21.9 Å². The number of nitrogens with zero attached hydrogens (tertiary/aromatic N) is 4. The number of rotatable bonds is 8. The van der Waals surface area contributed by atoms with Crippen LogP contribution in [0.2, 0.25) is 0 Å². The molecule has 2 aliphatic carbocycles. The zero-order valence-electron chi connectivity index (χ0n) is 16.2. The Bertz CT molecular complexity index is 1100. The van der Waals surface area contributed by atoms with E-state index in [2.05, 4.69) is 53.8 Å². The van der Waals surface area contributed by atoms with E-state index < -0.39 is 9.84 Å². The number of aromatic nitrogens is 4. The molecule has 160 valence electrons. The molecule has 12 heteroatoms. The number of anilines is 3. The first-order valence-corrected chi connectivity index (χ1v) is 12.3. The largest absolute Gasteiger partial charge is 0.369 e. The Morgan fingerprint density at radius 1 is 1.33 bits per heavy atom. The lowest BCUT2D eigenvalue weighted by Crippen LogP contribution is -2.41. The van der Waals surface area contributed by atoms with Gasteiger partial charge < -0.3 is 16.4 Å². The normalized spacial score (nSPS) is 24.9. The molecule has 2 aromatic heterocycles. The molecule has 1 fully saturated rings. The van der Waals surface area contributed by atoms with Crippen molar-refractivity contribution in [2.45, 2.75) is 19.0 Å². The van der Waals surface area contributed by atoms with Crippen LogP contribution in [0.15, 0.2) is 35.2 Å². The average Bonchev–Trinajstić information content (AvgIpc) is 3.38. The van der Waals surface area contributed by atoms with Crippen molar-refractivity contribution < 1.29 is 13.2 Å². The number of aryl methyl sites for hydroxylation is 1. The number of sulfone groups is 1. The Kier molecular flexibility index (Phi) is 5.53. The van der Waals surface area contributed by atoms with Crippen LogP contribution in [0.5, 0.6) is 0 Å². The van der Waals surface area contributed by atoms with Crippen molar-refractivity contribution in [1.82, 2.24) is 19.7 Å². The maximum Gasteiger partial charge on any atom is 0.229 e. The lowest BCUT2D eigenvalue weighted by Gasteiger charge is -2.27. The van der Waals surface area contributed by atoms with E-state index >= 15 is 0 Å². The number of halogens is 1. The molecule has 2 heterocycles. The highest BCUT2D eigenvalue weighted by Gasteiger charge is 2.47. The molecule has 2 bridgehead atoms. The summed E-state index contributed by atoms with van der Waals surface area (Å²) in [6.45, 7) is 0.265. The fourth-order valence-electron chi connectivity index (χ4n) is 4.03. The van der Waals surface area contributed by atoms with Gasteiger partial charge in [0.25, 0.3) is 0 Å². The molecule has 4 rings (SSSR count). The summed E-state index contributed by atoms with van der Waals surface area (Å²) in [5.41, 5.74) is 6.27. The first-order valence-electron chi connectivity index (χ1n) is 9.43. The van der Waals surface area contributed by atoms with Crippen LogP contribution in [0.4, 0.5) is 17.5 Å². The third kappa shape index (κ3) is 4.48. The summed E-state index contributed by atoms with van der Waals surface area (Å²) in [7, 11) is -3.07. The summed E-state index contributed by atoms with van der Waals surface area (Å²) in [6, 6.07) is -0.115. The highest BCUT2D eigenvalue weighted by Crippen LogP contribution is 2.45. The predicted molar refractivity (Wildman–Crippen MR) is 116 cm³/mol. The second kappa shape index (κ2) is 7.99. The van der Waals surface area contributed by atoms with E-state index in [1.54, 1.807) is 23.3 Å². The SMILES string of the molecule is CS(=O)(=O)CCn1cc(Nc2ncc(Br)c(N[C@H]3[C@@H](C(N)=O)[C@@H]4C=C[C@H]3C4)n2)cn1. The molecular formula is C18H22BrN7O3S. The van der Waals surface area contributed by atoms with Gasteiger partial charge in [-0.05, 0) is 34.2 Å². The van der Waals surface area contributed by atoms with Crippen LogP contribution < -0.4 is 16.4 Å². The minimum atomic E-state index is -3.07. The molecular weight excluding hydrogens is 474 g/mol. The van der Waals surface area contributed by atoms with Crippen LogP contribution in [0.25, 0.3) is 0 Å². The monoisotopic (exact) mass is 495 g/mol. The Morgan fingerprint density at radius 3 is 2.83 bits per heavy atom. The number of carbonyl (C=O) groups excluding carboxylic acids is 1. The van der Waals surface area contributed by atoms with Crippen LogP contribution in [0.3, 0.4) is 0 Å². The molecule has 2 aromatic rings. The molecule has 0 unspecified atom stereocenters. The van der Waals surface area contributed by atoms with Gasteiger partial charge in [0, 0.05) is 24.7 Å². The summed E-state index contributed by atoms with van der Waals surface area (Å²) in [6.07, 6.45) is 11.2. The molecule has 0 aliphatic heterocycles. The molecule has 1 saturated carbocycles. The third-order valence-electron chi connectivity index (χ3n) is 5.42. The number of carbonyl (C=O) groups is 1. The molecule has 0 saturated heterocycles. The van der Waals surface area contributed by atoms with Crippen molar-refractivity contribution in [1.29, 1.82) is 0 Å². The highest BCUT2D eigenvalue weighted by molar-refractivity contribution is 9.10. The summed E-state index contributed by atoms with van der Waals surface area (Å²) >= 11 is 3.45. The van der Waals surface area contributed by atoms with Gasteiger partial charge in [0.15, 0.2) is 0 Å². The topological polar surface area (TPSA) is 145 Å². The van der Waals surface area contributed by atoms with Gasteiger partial charge in [0.1, 0.15) is 15.7 Å². The van der Waals surface area contributed by atoms with E-state index in [9.17, 15) is 13.2 Å². The number of allylic oxidation sites excluding steroid dienone is 1. The predicted octanol–water partition coefficient (Wildman–Crippen LogP) is 1.31. The van der Waals surface area contributed by atoms with E-state index in [1.165, 1.54) is 6.26 Å². The van der Waals surface area contributed by atoms with Crippen molar-refractivity contribution in [2.24, 2.45) is 23.5 Å². The second-order valence-corrected chi connectivity index (χ2v) is 10.8. The Hall–Kier alpha value is -2.47. The Balaban J connectivity index is 1.47. The number of hydrogen-bond acceptors (Lipinski definition) is 8. The quantitative estimate of drug-likeness (QED) is 0.464. The number of nitrogens with one attached hydrogen (secondary N) is 2. The fourth-order valence-corrected chi connectivity index (χ4v) is 4.86. The molecule has 2 aliphatic rings. The van der Waals surface area contributed by atoms with Gasteiger partial charge in [-0.2, -0.15) is 10.1 Å². The lowest BCUT2D eigenvalue weighted by molar-refractivity contribution is -0.122. The maximum absolute atomic E-state index is 11.9. The van der Waals surface area contributed by atoms with Gasteiger partial charge in [-0.25, -0.2) is 13.4 Å². The van der Waals surface area contributed by atoms with E-state index in [-0.39, 0.29) is 42.0 Å². The van der Waals surface area contributed by atoms with Crippen LogP contribution in [0.1, 0.15) is 6.42 Å². The number of primary amides is 1. The summed E-state index contributed by atoms with van der Waals surface area (Å²) in [4.78, 5) is 20.7. The number of hydrogen-bond donors (Lipinski definition) is 3. The molecule has 1 amide bonds. The minimum absolute atomic E-state index is 0.00992. The van der Waals surface area contributed by atoms with Crippen LogP contribution >= 0.6 is 15.9 Å². The van der Waals surface area contributed by atoms with E-state index in [0.717, 1.165) is 6.42 Å². The first-order chi connectivity index (χ1) is 14.2. The first kappa shape index (κ1) is 20.8. The van der Waals surface area contributed by atoms with Crippen molar-refractivity contribution in [3.05, 3.63) is 35.2 Å². The number of fused-ring (bicyclic) bond motifs is 2. The fraction of sp³-hybridized carbons (Fsp3) is 0.444. The summed E-state index contributed by atoms with van der Waals surface area (Å²) in [5, 5.41) is 10.6.